The van der Waals surface area contributed by atoms with Crippen molar-refractivity contribution in [1.29, 1.82) is 0 Å². The van der Waals surface area contributed by atoms with Gasteiger partial charge in [0.2, 0.25) is 5.91 Å². The van der Waals surface area contributed by atoms with Gasteiger partial charge in [-0.3, -0.25) is 4.79 Å². The van der Waals surface area contributed by atoms with Crippen molar-refractivity contribution in [3.63, 3.8) is 0 Å². The largest absolute Gasteiger partial charge is 0.377 e. The minimum absolute atomic E-state index is 0.0223. The Kier molecular flexibility index (Phi) is 5.22. The Morgan fingerprint density at radius 2 is 2.11 bits per heavy atom. The zero-order chi connectivity index (χ0) is 13.8. The van der Waals surface area contributed by atoms with E-state index in [-0.39, 0.29) is 24.0 Å². The van der Waals surface area contributed by atoms with E-state index in [9.17, 15) is 4.79 Å². The van der Waals surface area contributed by atoms with E-state index in [4.69, 9.17) is 10.5 Å². The number of rotatable bonds is 3. The molecule has 19 heavy (non-hydrogen) atoms. The van der Waals surface area contributed by atoms with E-state index < -0.39 is 0 Å². The molecule has 1 aliphatic carbocycles. The van der Waals surface area contributed by atoms with Gasteiger partial charge in [-0.2, -0.15) is 0 Å². The molecule has 110 valence electrons. The zero-order valence-electron chi connectivity index (χ0n) is 12.3. The van der Waals surface area contributed by atoms with Crippen LogP contribution >= 0.6 is 0 Å². The minimum Gasteiger partial charge on any atom is -0.377 e. The summed E-state index contributed by atoms with van der Waals surface area (Å²) in [6.45, 7) is 6.54. The number of amides is 1. The van der Waals surface area contributed by atoms with Crippen LogP contribution in [-0.4, -0.2) is 42.6 Å². The molecular weight excluding hydrogens is 240 g/mol. The van der Waals surface area contributed by atoms with Gasteiger partial charge >= 0.3 is 0 Å². The lowest BCUT2D eigenvalue weighted by Gasteiger charge is -2.39. The highest BCUT2D eigenvalue weighted by Crippen LogP contribution is 2.31. The van der Waals surface area contributed by atoms with E-state index in [1.165, 1.54) is 0 Å². The minimum atomic E-state index is 0.0223. The second-order valence-electron chi connectivity index (χ2n) is 6.10. The molecule has 0 aromatic carbocycles. The summed E-state index contributed by atoms with van der Waals surface area (Å²) in [6.07, 6.45) is 5.62. The van der Waals surface area contributed by atoms with Crippen LogP contribution < -0.4 is 5.73 Å². The van der Waals surface area contributed by atoms with Crippen LogP contribution in [-0.2, 0) is 9.53 Å². The third kappa shape index (κ3) is 3.48. The maximum atomic E-state index is 12.7. The van der Waals surface area contributed by atoms with Gasteiger partial charge in [0.05, 0.1) is 12.0 Å². The number of piperidine rings is 1. The summed E-state index contributed by atoms with van der Waals surface area (Å²) >= 11 is 0. The lowest BCUT2D eigenvalue weighted by Crippen LogP contribution is -2.52. The van der Waals surface area contributed by atoms with Crippen LogP contribution in [0.3, 0.4) is 0 Å². The molecule has 4 atom stereocenters. The summed E-state index contributed by atoms with van der Waals surface area (Å²) < 4.78 is 5.68. The SMILES string of the molecule is CCOC1CCCN(C(=O)C2C(C)CCCC2N)C1. The molecule has 0 aromatic rings. The molecule has 1 saturated carbocycles. The van der Waals surface area contributed by atoms with Crippen LogP contribution in [0.2, 0.25) is 0 Å². The molecule has 0 aromatic heterocycles. The standard InChI is InChI=1S/C15H28N2O2/c1-3-19-12-7-5-9-17(10-12)15(18)14-11(2)6-4-8-13(14)16/h11-14H,3-10,16H2,1-2H3. The first-order valence-corrected chi connectivity index (χ1v) is 7.79. The highest BCUT2D eigenvalue weighted by Gasteiger charge is 2.37. The highest BCUT2D eigenvalue weighted by molar-refractivity contribution is 5.80. The zero-order valence-corrected chi connectivity index (χ0v) is 12.3. The predicted octanol–water partition coefficient (Wildman–Crippen LogP) is 1.78. The van der Waals surface area contributed by atoms with Crippen molar-refractivity contribution in [3.05, 3.63) is 0 Å². The van der Waals surface area contributed by atoms with Crippen molar-refractivity contribution in [1.82, 2.24) is 4.90 Å². The van der Waals surface area contributed by atoms with Crippen molar-refractivity contribution in [2.45, 2.75) is 58.1 Å². The Hall–Kier alpha value is -0.610. The molecular formula is C15H28N2O2. The van der Waals surface area contributed by atoms with Crippen LogP contribution in [0, 0.1) is 11.8 Å². The molecule has 2 N–H and O–H groups in total. The monoisotopic (exact) mass is 268 g/mol. The van der Waals surface area contributed by atoms with Crippen molar-refractivity contribution in [3.8, 4) is 0 Å². The Morgan fingerprint density at radius 3 is 2.79 bits per heavy atom. The summed E-state index contributed by atoms with van der Waals surface area (Å²) in [6, 6.07) is 0.0451. The Labute approximate surface area is 116 Å². The van der Waals surface area contributed by atoms with E-state index in [1.807, 2.05) is 11.8 Å². The highest BCUT2D eigenvalue weighted by atomic mass is 16.5. The Bertz CT molecular complexity index is 297. The van der Waals surface area contributed by atoms with Gasteiger partial charge in [-0.15, -0.1) is 0 Å². The smallest absolute Gasteiger partial charge is 0.227 e. The third-order valence-corrected chi connectivity index (χ3v) is 4.65. The van der Waals surface area contributed by atoms with Gasteiger partial charge in [0.1, 0.15) is 0 Å². The fourth-order valence-corrected chi connectivity index (χ4v) is 3.60. The number of nitrogens with zero attached hydrogens (tertiary/aromatic N) is 1. The first-order chi connectivity index (χ1) is 9.13. The number of hydrogen-bond donors (Lipinski definition) is 1. The molecule has 0 spiro atoms. The maximum absolute atomic E-state index is 12.7. The van der Waals surface area contributed by atoms with Crippen molar-refractivity contribution >= 4 is 5.91 Å². The molecule has 1 saturated heterocycles. The molecule has 0 radical (unpaired) electrons. The first-order valence-electron chi connectivity index (χ1n) is 7.79. The lowest BCUT2D eigenvalue weighted by atomic mass is 9.76. The molecule has 1 heterocycles. The average Bonchev–Trinajstić information content (AvgIpc) is 2.39. The molecule has 1 aliphatic heterocycles. The molecule has 4 nitrogen and oxygen atoms in total. The summed E-state index contributed by atoms with van der Waals surface area (Å²) in [7, 11) is 0. The van der Waals surface area contributed by atoms with Gasteiger partial charge in [-0.05, 0) is 38.5 Å². The van der Waals surface area contributed by atoms with Gasteiger partial charge in [0, 0.05) is 25.7 Å². The molecule has 2 rings (SSSR count). The van der Waals surface area contributed by atoms with Crippen LogP contribution in [0.1, 0.15) is 46.0 Å². The summed E-state index contributed by atoms with van der Waals surface area (Å²) in [5.74, 6) is 0.710. The number of hydrogen-bond acceptors (Lipinski definition) is 3. The summed E-state index contributed by atoms with van der Waals surface area (Å²) in [5, 5.41) is 0. The molecule has 1 amide bonds. The first kappa shape index (κ1) is 14.8. The predicted molar refractivity (Wildman–Crippen MR) is 75.7 cm³/mol. The molecule has 4 heteroatoms. The Morgan fingerprint density at radius 1 is 1.32 bits per heavy atom. The quantitative estimate of drug-likeness (QED) is 0.849. The summed E-state index contributed by atoms with van der Waals surface area (Å²) in [5.41, 5.74) is 6.19. The van der Waals surface area contributed by atoms with Gasteiger partial charge < -0.3 is 15.4 Å². The van der Waals surface area contributed by atoms with E-state index in [0.29, 0.717) is 5.92 Å². The summed E-state index contributed by atoms with van der Waals surface area (Å²) in [4.78, 5) is 14.7. The van der Waals surface area contributed by atoms with Crippen molar-refractivity contribution in [2.24, 2.45) is 17.6 Å². The molecule has 2 aliphatic rings. The second-order valence-corrected chi connectivity index (χ2v) is 6.10. The van der Waals surface area contributed by atoms with Gasteiger partial charge in [0.25, 0.3) is 0 Å². The van der Waals surface area contributed by atoms with Gasteiger partial charge in [-0.25, -0.2) is 0 Å². The van der Waals surface area contributed by atoms with E-state index in [0.717, 1.165) is 51.8 Å². The van der Waals surface area contributed by atoms with Crippen LogP contribution in [0.25, 0.3) is 0 Å². The van der Waals surface area contributed by atoms with Crippen LogP contribution in [0.5, 0.6) is 0 Å². The lowest BCUT2D eigenvalue weighted by molar-refractivity contribution is -0.143. The van der Waals surface area contributed by atoms with E-state index >= 15 is 0 Å². The third-order valence-electron chi connectivity index (χ3n) is 4.65. The van der Waals surface area contributed by atoms with Crippen LogP contribution in [0.4, 0.5) is 0 Å². The van der Waals surface area contributed by atoms with Gasteiger partial charge in [-0.1, -0.05) is 13.3 Å². The fourth-order valence-electron chi connectivity index (χ4n) is 3.60. The number of carbonyl (C=O) groups is 1. The van der Waals surface area contributed by atoms with Gasteiger partial charge in [0.15, 0.2) is 0 Å². The number of ether oxygens (including phenoxy) is 1. The molecule has 0 bridgehead atoms. The van der Waals surface area contributed by atoms with E-state index in [2.05, 4.69) is 6.92 Å². The molecule has 4 unspecified atom stereocenters. The number of carbonyl (C=O) groups excluding carboxylic acids is 1. The van der Waals surface area contributed by atoms with Crippen molar-refractivity contribution in [2.75, 3.05) is 19.7 Å². The second kappa shape index (κ2) is 6.71. The fraction of sp³-hybridized carbons (Fsp3) is 0.933. The van der Waals surface area contributed by atoms with Crippen LogP contribution in [0.15, 0.2) is 0 Å². The average molecular weight is 268 g/mol. The number of likely N-dealkylation sites (tertiary alicyclic amines) is 1. The normalized spacial score (nSPS) is 36.3. The molecule has 2 fully saturated rings. The van der Waals surface area contributed by atoms with Crippen molar-refractivity contribution < 1.29 is 9.53 Å². The maximum Gasteiger partial charge on any atom is 0.227 e. The number of nitrogens with two attached hydrogens (primary N) is 1. The topological polar surface area (TPSA) is 55.6 Å². The Balaban J connectivity index is 1.97. The van der Waals surface area contributed by atoms with E-state index in [1.54, 1.807) is 0 Å².